The molecule has 0 aliphatic carbocycles. The summed E-state index contributed by atoms with van der Waals surface area (Å²) in [5.41, 5.74) is 3.11. The number of likely N-dealkylation sites (tertiary alicyclic amines) is 1. The van der Waals surface area contributed by atoms with Gasteiger partial charge in [0.1, 0.15) is 5.69 Å². The fraction of sp³-hybridized carbons (Fsp3) is 0.471. The van der Waals surface area contributed by atoms with Gasteiger partial charge in [-0.2, -0.15) is 16.4 Å². The highest BCUT2D eigenvalue weighted by Crippen LogP contribution is 2.18. The maximum Gasteiger partial charge on any atom is 0.274 e. The average Bonchev–Trinajstić information content (AvgIpc) is 3.26. The van der Waals surface area contributed by atoms with Crippen molar-refractivity contribution in [3.8, 4) is 0 Å². The molecule has 2 aromatic rings. The van der Waals surface area contributed by atoms with Crippen LogP contribution in [-0.2, 0) is 0 Å². The van der Waals surface area contributed by atoms with Crippen molar-refractivity contribution in [2.45, 2.75) is 39.2 Å². The number of amides is 2. The van der Waals surface area contributed by atoms with Crippen molar-refractivity contribution in [1.82, 2.24) is 20.4 Å². The predicted molar refractivity (Wildman–Crippen MR) is 93.5 cm³/mol. The summed E-state index contributed by atoms with van der Waals surface area (Å²) in [7, 11) is 0. The van der Waals surface area contributed by atoms with Crippen molar-refractivity contribution in [2.24, 2.45) is 0 Å². The highest BCUT2D eigenvalue weighted by atomic mass is 32.1. The van der Waals surface area contributed by atoms with Gasteiger partial charge in [0.25, 0.3) is 11.8 Å². The molecular formula is C17H22N4O2S. The number of aromatic nitrogens is 2. The smallest absolute Gasteiger partial charge is 0.274 e. The molecule has 1 saturated heterocycles. The zero-order valence-corrected chi connectivity index (χ0v) is 14.9. The second-order valence-electron chi connectivity index (χ2n) is 6.54. The van der Waals surface area contributed by atoms with Crippen molar-refractivity contribution in [3.05, 3.63) is 39.3 Å². The van der Waals surface area contributed by atoms with Crippen molar-refractivity contribution in [1.29, 1.82) is 0 Å². The van der Waals surface area contributed by atoms with E-state index in [0.717, 1.165) is 23.2 Å². The predicted octanol–water partition coefficient (Wildman–Crippen LogP) is 2.55. The Bertz CT molecular complexity index is 749. The lowest BCUT2D eigenvalue weighted by molar-refractivity contribution is 0.0777. The first kappa shape index (κ1) is 16.7. The summed E-state index contributed by atoms with van der Waals surface area (Å²) in [6.07, 6.45) is 0.766. The third-order valence-electron chi connectivity index (χ3n) is 4.35. The summed E-state index contributed by atoms with van der Waals surface area (Å²) >= 11 is 1.52. The molecule has 0 spiro atoms. The monoisotopic (exact) mass is 346 g/mol. The lowest BCUT2D eigenvalue weighted by atomic mass is 10.1. The molecule has 1 atom stereocenters. The van der Waals surface area contributed by atoms with Gasteiger partial charge >= 0.3 is 0 Å². The number of nitrogens with zero attached hydrogens (tertiary/aromatic N) is 2. The normalized spacial score (nSPS) is 17.5. The Hall–Kier alpha value is -2.15. The highest BCUT2D eigenvalue weighted by Gasteiger charge is 2.29. The van der Waals surface area contributed by atoms with Gasteiger partial charge in [-0.15, -0.1) is 0 Å². The molecule has 3 heterocycles. The molecule has 1 aliphatic heterocycles. The van der Waals surface area contributed by atoms with Crippen LogP contribution >= 0.6 is 11.3 Å². The van der Waals surface area contributed by atoms with E-state index in [-0.39, 0.29) is 17.9 Å². The van der Waals surface area contributed by atoms with Gasteiger partial charge in [0.05, 0.1) is 5.56 Å². The van der Waals surface area contributed by atoms with E-state index in [9.17, 15) is 9.59 Å². The van der Waals surface area contributed by atoms with E-state index < -0.39 is 0 Å². The molecule has 24 heavy (non-hydrogen) atoms. The van der Waals surface area contributed by atoms with E-state index in [0.29, 0.717) is 24.7 Å². The number of aromatic amines is 1. The van der Waals surface area contributed by atoms with Crippen LogP contribution in [0.25, 0.3) is 0 Å². The topological polar surface area (TPSA) is 78.1 Å². The lowest BCUT2D eigenvalue weighted by Gasteiger charge is -2.16. The molecule has 0 bridgehead atoms. The molecule has 2 amide bonds. The van der Waals surface area contributed by atoms with Gasteiger partial charge in [-0.3, -0.25) is 14.7 Å². The zero-order chi connectivity index (χ0) is 17.3. The molecule has 128 valence electrons. The summed E-state index contributed by atoms with van der Waals surface area (Å²) in [6.45, 7) is 7.19. The van der Waals surface area contributed by atoms with Gasteiger partial charge < -0.3 is 10.2 Å². The minimum atomic E-state index is -0.0818. The number of carbonyl (C=O) groups excluding carboxylic acids is 2. The number of nitrogens with one attached hydrogen (secondary N) is 2. The standard InChI is InChI=1S/C17H22N4O2S/c1-10(2)14-6-15(20-19-14)17(23)21-5-4-12(7-21)18-16(22)13-9-24-8-11(13)3/h6,8-10,12H,4-5,7H2,1-3H3,(H,18,22)(H,19,20). The van der Waals surface area contributed by atoms with Crippen LogP contribution < -0.4 is 5.32 Å². The molecule has 3 rings (SSSR count). The first-order valence-corrected chi connectivity index (χ1v) is 9.08. The van der Waals surface area contributed by atoms with Crippen LogP contribution in [0.3, 0.4) is 0 Å². The summed E-state index contributed by atoms with van der Waals surface area (Å²) in [6, 6.07) is 1.80. The molecule has 0 saturated carbocycles. The average molecular weight is 346 g/mol. The molecule has 7 heteroatoms. The number of rotatable bonds is 4. The Balaban J connectivity index is 1.59. The van der Waals surface area contributed by atoms with Crippen molar-refractivity contribution in [2.75, 3.05) is 13.1 Å². The van der Waals surface area contributed by atoms with Crippen molar-refractivity contribution < 1.29 is 9.59 Å². The third-order valence-corrected chi connectivity index (χ3v) is 5.21. The van der Waals surface area contributed by atoms with Crippen LogP contribution in [0.15, 0.2) is 16.8 Å². The van der Waals surface area contributed by atoms with Crippen LogP contribution in [-0.4, -0.2) is 46.0 Å². The fourth-order valence-corrected chi connectivity index (χ4v) is 3.65. The summed E-state index contributed by atoms with van der Waals surface area (Å²) < 4.78 is 0. The summed E-state index contributed by atoms with van der Waals surface area (Å²) in [4.78, 5) is 26.6. The maximum atomic E-state index is 12.5. The second-order valence-corrected chi connectivity index (χ2v) is 7.29. The minimum Gasteiger partial charge on any atom is -0.347 e. The van der Waals surface area contributed by atoms with E-state index in [2.05, 4.69) is 29.4 Å². The van der Waals surface area contributed by atoms with E-state index >= 15 is 0 Å². The molecule has 6 nitrogen and oxygen atoms in total. The molecular weight excluding hydrogens is 324 g/mol. The Labute approximate surface area is 145 Å². The van der Waals surface area contributed by atoms with Crippen LogP contribution in [0.1, 0.15) is 58.3 Å². The van der Waals surface area contributed by atoms with E-state index in [1.54, 1.807) is 4.90 Å². The van der Waals surface area contributed by atoms with Gasteiger partial charge in [0.2, 0.25) is 0 Å². The van der Waals surface area contributed by atoms with Gasteiger partial charge in [-0.1, -0.05) is 13.8 Å². The number of carbonyl (C=O) groups is 2. The first-order valence-electron chi connectivity index (χ1n) is 8.14. The number of hydrogen-bond acceptors (Lipinski definition) is 4. The Kier molecular flexibility index (Phi) is 4.71. The quantitative estimate of drug-likeness (QED) is 0.893. The van der Waals surface area contributed by atoms with Crippen LogP contribution in [0, 0.1) is 6.92 Å². The highest BCUT2D eigenvalue weighted by molar-refractivity contribution is 7.08. The summed E-state index contributed by atoms with van der Waals surface area (Å²) in [5.74, 6) is 0.162. The van der Waals surface area contributed by atoms with Gasteiger partial charge in [0, 0.05) is 30.2 Å². The van der Waals surface area contributed by atoms with E-state index in [1.165, 1.54) is 11.3 Å². The van der Waals surface area contributed by atoms with Crippen molar-refractivity contribution in [3.63, 3.8) is 0 Å². The fourth-order valence-electron chi connectivity index (χ4n) is 2.82. The largest absolute Gasteiger partial charge is 0.347 e. The lowest BCUT2D eigenvalue weighted by Crippen LogP contribution is -2.38. The van der Waals surface area contributed by atoms with Crippen LogP contribution in [0.2, 0.25) is 0 Å². The first-order chi connectivity index (χ1) is 11.5. The van der Waals surface area contributed by atoms with E-state index in [1.807, 2.05) is 23.8 Å². The van der Waals surface area contributed by atoms with Crippen LogP contribution in [0.5, 0.6) is 0 Å². The molecule has 0 radical (unpaired) electrons. The second kappa shape index (κ2) is 6.76. The number of aryl methyl sites for hydroxylation is 1. The van der Waals surface area contributed by atoms with Gasteiger partial charge in [0.15, 0.2) is 0 Å². The van der Waals surface area contributed by atoms with E-state index in [4.69, 9.17) is 0 Å². The summed E-state index contributed by atoms with van der Waals surface area (Å²) in [5, 5.41) is 13.9. The Morgan fingerprint density at radius 2 is 2.21 bits per heavy atom. The van der Waals surface area contributed by atoms with Gasteiger partial charge in [-0.05, 0) is 36.3 Å². The van der Waals surface area contributed by atoms with Crippen LogP contribution in [0.4, 0.5) is 0 Å². The Morgan fingerprint density at radius 3 is 2.83 bits per heavy atom. The zero-order valence-electron chi connectivity index (χ0n) is 14.1. The molecule has 1 aliphatic rings. The number of H-pyrrole nitrogens is 1. The molecule has 1 unspecified atom stereocenters. The third kappa shape index (κ3) is 3.36. The maximum absolute atomic E-state index is 12.5. The molecule has 2 aromatic heterocycles. The molecule has 2 N–H and O–H groups in total. The SMILES string of the molecule is Cc1cscc1C(=O)NC1CCN(C(=O)c2cc(C(C)C)[nH]n2)C1. The molecule has 0 aromatic carbocycles. The van der Waals surface area contributed by atoms with Gasteiger partial charge in [-0.25, -0.2) is 0 Å². The number of thiophene rings is 1. The molecule has 1 fully saturated rings. The van der Waals surface area contributed by atoms with Crippen molar-refractivity contribution >= 4 is 23.2 Å². The Morgan fingerprint density at radius 1 is 1.42 bits per heavy atom. The minimum absolute atomic E-state index is 0.00994. The number of hydrogen-bond donors (Lipinski definition) is 2.